The van der Waals surface area contributed by atoms with E-state index in [0.717, 1.165) is 64.2 Å². The SMILES string of the molecule is O=C(NCC1(NC(=O)C2CCCC2)CCOCC1)C1CCCC1. The van der Waals surface area contributed by atoms with Gasteiger partial charge in [-0.3, -0.25) is 9.59 Å². The van der Waals surface area contributed by atoms with E-state index in [4.69, 9.17) is 4.74 Å². The zero-order valence-electron chi connectivity index (χ0n) is 14.1. The van der Waals surface area contributed by atoms with Crippen molar-refractivity contribution in [3.05, 3.63) is 0 Å². The molecule has 0 aromatic carbocycles. The third kappa shape index (κ3) is 4.25. The van der Waals surface area contributed by atoms with Gasteiger partial charge in [-0.05, 0) is 38.5 Å². The molecule has 23 heavy (non-hydrogen) atoms. The van der Waals surface area contributed by atoms with Crippen molar-refractivity contribution in [3.8, 4) is 0 Å². The molecular formula is C18H30N2O3. The zero-order chi connectivity index (χ0) is 16.1. The number of carbonyl (C=O) groups excluding carboxylic acids is 2. The lowest BCUT2D eigenvalue weighted by atomic mass is 9.88. The van der Waals surface area contributed by atoms with Gasteiger partial charge in [0.15, 0.2) is 0 Å². The van der Waals surface area contributed by atoms with Gasteiger partial charge in [-0.15, -0.1) is 0 Å². The molecule has 2 N–H and O–H groups in total. The van der Waals surface area contributed by atoms with Crippen LogP contribution in [0.15, 0.2) is 0 Å². The van der Waals surface area contributed by atoms with Crippen LogP contribution < -0.4 is 10.6 Å². The first-order valence-electron chi connectivity index (χ1n) is 9.36. The van der Waals surface area contributed by atoms with Crippen LogP contribution in [-0.4, -0.2) is 37.1 Å². The molecule has 2 amide bonds. The number of amides is 2. The summed E-state index contributed by atoms with van der Waals surface area (Å²) in [5.41, 5.74) is -0.313. The van der Waals surface area contributed by atoms with E-state index < -0.39 is 0 Å². The quantitative estimate of drug-likeness (QED) is 0.815. The highest BCUT2D eigenvalue weighted by Gasteiger charge is 2.37. The molecule has 3 aliphatic rings. The summed E-state index contributed by atoms with van der Waals surface area (Å²) in [4.78, 5) is 24.9. The third-order valence-corrected chi connectivity index (χ3v) is 5.89. The Balaban J connectivity index is 1.57. The molecule has 0 aromatic rings. The minimum atomic E-state index is -0.313. The maximum absolute atomic E-state index is 12.6. The molecule has 0 atom stereocenters. The molecule has 5 heteroatoms. The molecule has 130 valence electrons. The maximum atomic E-state index is 12.6. The number of carbonyl (C=O) groups is 2. The van der Waals surface area contributed by atoms with Gasteiger partial charge in [0.2, 0.25) is 11.8 Å². The second-order valence-electron chi connectivity index (χ2n) is 7.56. The van der Waals surface area contributed by atoms with E-state index >= 15 is 0 Å². The molecule has 1 heterocycles. The van der Waals surface area contributed by atoms with Crippen molar-refractivity contribution in [1.29, 1.82) is 0 Å². The molecule has 3 fully saturated rings. The Kier molecular flexibility index (Phi) is 5.57. The van der Waals surface area contributed by atoms with E-state index in [9.17, 15) is 9.59 Å². The van der Waals surface area contributed by atoms with E-state index in [0.29, 0.717) is 19.8 Å². The van der Waals surface area contributed by atoms with Crippen molar-refractivity contribution in [2.24, 2.45) is 11.8 Å². The second-order valence-corrected chi connectivity index (χ2v) is 7.56. The van der Waals surface area contributed by atoms with E-state index in [1.807, 2.05) is 0 Å². The van der Waals surface area contributed by atoms with Crippen LogP contribution >= 0.6 is 0 Å². The Morgan fingerprint density at radius 2 is 1.39 bits per heavy atom. The smallest absolute Gasteiger partial charge is 0.223 e. The fraction of sp³-hybridized carbons (Fsp3) is 0.889. The summed E-state index contributed by atoms with van der Waals surface area (Å²) < 4.78 is 5.47. The highest BCUT2D eigenvalue weighted by Crippen LogP contribution is 2.28. The topological polar surface area (TPSA) is 67.4 Å². The molecule has 2 saturated carbocycles. The summed E-state index contributed by atoms with van der Waals surface area (Å²) in [5, 5.41) is 6.41. The van der Waals surface area contributed by atoms with E-state index in [1.165, 1.54) is 0 Å². The number of ether oxygens (including phenoxy) is 1. The largest absolute Gasteiger partial charge is 0.381 e. The van der Waals surface area contributed by atoms with Crippen molar-refractivity contribution in [3.63, 3.8) is 0 Å². The van der Waals surface area contributed by atoms with E-state index in [-0.39, 0.29) is 29.2 Å². The van der Waals surface area contributed by atoms with Crippen LogP contribution in [0.3, 0.4) is 0 Å². The van der Waals surface area contributed by atoms with Crippen molar-refractivity contribution < 1.29 is 14.3 Å². The fourth-order valence-electron chi connectivity index (χ4n) is 4.25. The summed E-state index contributed by atoms with van der Waals surface area (Å²) in [6.45, 7) is 1.86. The molecule has 1 saturated heterocycles. The third-order valence-electron chi connectivity index (χ3n) is 5.89. The van der Waals surface area contributed by atoms with E-state index in [1.54, 1.807) is 0 Å². The van der Waals surface area contributed by atoms with Crippen LogP contribution in [-0.2, 0) is 14.3 Å². The van der Waals surface area contributed by atoms with Gasteiger partial charge in [-0.25, -0.2) is 0 Å². The highest BCUT2D eigenvalue weighted by atomic mass is 16.5. The Hall–Kier alpha value is -1.10. The summed E-state index contributed by atoms with van der Waals surface area (Å²) >= 11 is 0. The monoisotopic (exact) mass is 322 g/mol. The van der Waals surface area contributed by atoms with Crippen molar-refractivity contribution in [2.75, 3.05) is 19.8 Å². The minimum absolute atomic E-state index is 0.167. The number of rotatable bonds is 5. The average molecular weight is 322 g/mol. The van der Waals surface area contributed by atoms with Gasteiger partial charge in [-0.2, -0.15) is 0 Å². The normalized spacial score (nSPS) is 25.4. The van der Waals surface area contributed by atoms with Gasteiger partial charge < -0.3 is 15.4 Å². The van der Waals surface area contributed by atoms with Crippen LogP contribution in [0.4, 0.5) is 0 Å². The van der Waals surface area contributed by atoms with Gasteiger partial charge in [0.25, 0.3) is 0 Å². The van der Waals surface area contributed by atoms with Gasteiger partial charge in [0.05, 0.1) is 5.54 Å². The minimum Gasteiger partial charge on any atom is -0.381 e. The molecule has 5 nitrogen and oxygen atoms in total. The van der Waals surface area contributed by atoms with Crippen LogP contribution in [0.25, 0.3) is 0 Å². The van der Waals surface area contributed by atoms with Crippen LogP contribution in [0.5, 0.6) is 0 Å². The summed E-state index contributed by atoms with van der Waals surface area (Å²) in [6.07, 6.45) is 10.3. The zero-order valence-corrected chi connectivity index (χ0v) is 14.1. The molecule has 2 aliphatic carbocycles. The van der Waals surface area contributed by atoms with Gasteiger partial charge in [0, 0.05) is 31.6 Å². The lowest BCUT2D eigenvalue weighted by molar-refractivity contribution is -0.130. The van der Waals surface area contributed by atoms with Crippen LogP contribution in [0.1, 0.15) is 64.2 Å². The summed E-state index contributed by atoms with van der Waals surface area (Å²) in [7, 11) is 0. The molecule has 0 unspecified atom stereocenters. The first-order valence-corrected chi connectivity index (χ1v) is 9.36. The Bertz CT molecular complexity index is 420. The predicted molar refractivity (Wildman–Crippen MR) is 87.9 cm³/mol. The molecule has 0 spiro atoms. The molecule has 0 aromatic heterocycles. The maximum Gasteiger partial charge on any atom is 0.223 e. The van der Waals surface area contributed by atoms with Gasteiger partial charge >= 0.3 is 0 Å². The molecule has 0 radical (unpaired) electrons. The fourth-order valence-corrected chi connectivity index (χ4v) is 4.25. The predicted octanol–water partition coefficient (Wildman–Crippen LogP) is 2.15. The van der Waals surface area contributed by atoms with Crippen molar-refractivity contribution >= 4 is 11.8 Å². The standard InChI is InChI=1S/C18H30N2O3/c21-16(14-5-1-2-6-14)19-13-18(9-11-23-12-10-18)20-17(22)15-7-3-4-8-15/h14-15H,1-13H2,(H,19,21)(H,20,22). The van der Waals surface area contributed by atoms with Gasteiger partial charge in [0.1, 0.15) is 0 Å². The average Bonchev–Trinajstić information content (AvgIpc) is 3.26. The van der Waals surface area contributed by atoms with Crippen molar-refractivity contribution in [1.82, 2.24) is 10.6 Å². The number of hydrogen-bond acceptors (Lipinski definition) is 3. The Morgan fingerprint density at radius 1 is 0.870 bits per heavy atom. The number of hydrogen-bond donors (Lipinski definition) is 2. The molecule has 0 bridgehead atoms. The molecule has 3 rings (SSSR count). The molecule has 1 aliphatic heterocycles. The summed E-state index contributed by atoms with van der Waals surface area (Å²) in [6, 6.07) is 0. The molecular weight excluding hydrogens is 292 g/mol. The number of nitrogens with one attached hydrogen (secondary N) is 2. The lowest BCUT2D eigenvalue weighted by Gasteiger charge is -2.39. The Morgan fingerprint density at radius 3 is 1.96 bits per heavy atom. The van der Waals surface area contributed by atoms with Gasteiger partial charge in [-0.1, -0.05) is 25.7 Å². The summed E-state index contributed by atoms with van der Waals surface area (Å²) in [5.74, 6) is 0.695. The van der Waals surface area contributed by atoms with E-state index in [2.05, 4.69) is 10.6 Å². The lowest BCUT2D eigenvalue weighted by Crippen LogP contribution is -2.59. The van der Waals surface area contributed by atoms with Crippen LogP contribution in [0, 0.1) is 11.8 Å². The highest BCUT2D eigenvalue weighted by molar-refractivity contribution is 5.81. The second kappa shape index (κ2) is 7.65. The Labute approximate surface area is 138 Å². The first kappa shape index (κ1) is 16.7. The van der Waals surface area contributed by atoms with Crippen molar-refractivity contribution in [2.45, 2.75) is 69.7 Å². The first-order chi connectivity index (χ1) is 11.2. The van der Waals surface area contributed by atoms with Crippen LogP contribution in [0.2, 0.25) is 0 Å².